The minimum atomic E-state index is -3.71. The largest absolute Gasteiger partial charge is 0.286 e. The van der Waals surface area contributed by atoms with Crippen LogP contribution in [0.3, 0.4) is 0 Å². The molecule has 1 N–H and O–H groups in total. The molecule has 0 fully saturated rings. The Labute approximate surface area is 182 Å². The van der Waals surface area contributed by atoms with Gasteiger partial charge in [0.1, 0.15) is 0 Å². The first kappa shape index (κ1) is 24.3. The molecule has 0 atom stereocenters. The highest BCUT2D eigenvalue weighted by atomic mass is 32.2. The summed E-state index contributed by atoms with van der Waals surface area (Å²) in [5.41, 5.74) is 0. The van der Waals surface area contributed by atoms with E-state index in [2.05, 4.69) is 97.9 Å². The van der Waals surface area contributed by atoms with Crippen molar-refractivity contribution in [3.05, 3.63) is 91.0 Å². The van der Waals surface area contributed by atoms with Gasteiger partial charge in [0.05, 0.1) is 5.75 Å². The van der Waals surface area contributed by atoms with Crippen molar-refractivity contribution in [3.63, 3.8) is 0 Å². The molecule has 0 saturated heterocycles. The molecule has 0 aliphatic heterocycles. The Balaban J connectivity index is 0.000000252. The Morgan fingerprint density at radius 1 is 0.633 bits per heavy atom. The Bertz CT molecular complexity index is 836. The van der Waals surface area contributed by atoms with Crippen LogP contribution < -0.4 is 15.9 Å². The van der Waals surface area contributed by atoms with Gasteiger partial charge >= 0.3 is 0 Å². The van der Waals surface area contributed by atoms with E-state index in [9.17, 15) is 8.42 Å². The molecule has 0 radical (unpaired) electrons. The zero-order chi connectivity index (χ0) is 21.7. The molecule has 0 bridgehead atoms. The van der Waals surface area contributed by atoms with E-state index in [1.54, 1.807) is 0 Å². The molecule has 0 spiro atoms. The third-order valence-corrected chi connectivity index (χ3v) is 7.80. The van der Waals surface area contributed by atoms with Crippen molar-refractivity contribution >= 4 is 34.0 Å². The zero-order valence-corrected chi connectivity index (χ0v) is 19.2. The molecule has 160 valence electrons. The smallest absolute Gasteiger partial charge is 0.264 e. The van der Waals surface area contributed by atoms with E-state index < -0.39 is 18.0 Å². The lowest BCUT2D eigenvalue weighted by atomic mass is 10.2. The molecule has 0 aliphatic rings. The molecule has 5 heteroatoms. The van der Waals surface area contributed by atoms with Gasteiger partial charge in [-0.2, -0.15) is 8.42 Å². The predicted molar refractivity (Wildman–Crippen MR) is 130 cm³/mol. The molecule has 0 amide bonds. The highest BCUT2D eigenvalue weighted by Gasteiger charge is 2.14. The third kappa shape index (κ3) is 9.21. The van der Waals surface area contributed by atoms with E-state index in [-0.39, 0.29) is 5.75 Å². The Morgan fingerprint density at radius 2 is 1.00 bits per heavy atom. The summed E-state index contributed by atoms with van der Waals surface area (Å²) in [4.78, 5) is 0. The third-order valence-electron chi connectivity index (χ3n) is 4.55. The Morgan fingerprint density at radius 3 is 1.33 bits per heavy atom. The van der Waals surface area contributed by atoms with Crippen molar-refractivity contribution in [1.29, 1.82) is 0 Å². The van der Waals surface area contributed by atoms with E-state index >= 15 is 0 Å². The van der Waals surface area contributed by atoms with E-state index in [0.717, 1.165) is 25.7 Å². The minimum absolute atomic E-state index is 0.0866. The van der Waals surface area contributed by atoms with Gasteiger partial charge in [-0.15, -0.1) is 0 Å². The summed E-state index contributed by atoms with van der Waals surface area (Å²) in [6, 6.07) is 32.3. The normalized spacial score (nSPS) is 11.0. The zero-order valence-electron chi connectivity index (χ0n) is 17.5. The summed E-state index contributed by atoms with van der Waals surface area (Å²) >= 11 is 0. The van der Waals surface area contributed by atoms with Crippen molar-refractivity contribution in [1.82, 2.24) is 0 Å². The molecule has 30 heavy (non-hydrogen) atoms. The minimum Gasteiger partial charge on any atom is -0.286 e. The van der Waals surface area contributed by atoms with Crippen LogP contribution in [-0.4, -0.2) is 18.7 Å². The Kier molecular flexibility index (Phi) is 10.8. The second-order valence-corrected chi connectivity index (χ2v) is 10.8. The lowest BCUT2D eigenvalue weighted by molar-refractivity contribution is 0.479. The van der Waals surface area contributed by atoms with Gasteiger partial charge in [0.2, 0.25) is 0 Å². The monoisotopic (exact) mass is 442 g/mol. The van der Waals surface area contributed by atoms with Crippen molar-refractivity contribution < 1.29 is 13.0 Å². The van der Waals surface area contributed by atoms with Gasteiger partial charge in [-0.3, -0.25) is 4.55 Å². The van der Waals surface area contributed by atoms with Gasteiger partial charge in [-0.05, 0) is 30.3 Å². The van der Waals surface area contributed by atoms with Crippen LogP contribution in [0.5, 0.6) is 0 Å². The number of unbranched alkanes of at least 4 members (excludes halogenated alkanes) is 4. The molecule has 3 rings (SSSR count). The van der Waals surface area contributed by atoms with Crippen LogP contribution in [0.4, 0.5) is 0 Å². The first-order chi connectivity index (χ1) is 14.5. The molecule has 0 heterocycles. The van der Waals surface area contributed by atoms with Crippen molar-refractivity contribution in [2.45, 2.75) is 39.0 Å². The van der Waals surface area contributed by atoms with Gasteiger partial charge in [0.15, 0.2) is 0 Å². The van der Waals surface area contributed by atoms with E-state index in [0.29, 0.717) is 6.42 Å². The summed E-state index contributed by atoms with van der Waals surface area (Å²) in [5, 5.41) is 4.19. The van der Waals surface area contributed by atoms with Crippen LogP contribution in [0.15, 0.2) is 91.0 Å². The number of hydrogen-bond acceptors (Lipinski definition) is 2. The van der Waals surface area contributed by atoms with Crippen molar-refractivity contribution in [2.24, 2.45) is 0 Å². The summed E-state index contributed by atoms with van der Waals surface area (Å²) in [7, 11) is -4.16. The van der Waals surface area contributed by atoms with Gasteiger partial charge in [0, 0.05) is 0 Å². The molecule has 3 aromatic rings. The maximum atomic E-state index is 10.2. The maximum absolute atomic E-state index is 10.2. The fraction of sp³-hybridized carbons (Fsp3) is 0.280. The summed E-state index contributed by atoms with van der Waals surface area (Å²) in [6.07, 6.45) is 4.83. The van der Waals surface area contributed by atoms with Crippen molar-refractivity contribution in [2.75, 3.05) is 5.75 Å². The van der Waals surface area contributed by atoms with Crippen LogP contribution in [-0.2, 0) is 10.1 Å². The lowest BCUT2D eigenvalue weighted by Crippen LogP contribution is -2.20. The quantitative estimate of drug-likeness (QED) is 0.278. The standard InChI is InChI=1S/C18H15P.C7H16O3S/c1-4-10-16(11-5-1)19(17-12-6-2-7-13-17)18-14-8-3-9-15-18;1-2-3-4-5-6-7-11(8,9)10/h1-15H;2-7H2,1H3,(H,8,9,10). The van der Waals surface area contributed by atoms with E-state index in [1.807, 2.05) is 0 Å². The molecule has 0 aliphatic carbocycles. The van der Waals surface area contributed by atoms with Crippen LogP contribution in [0.2, 0.25) is 0 Å². The van der Waals surface area contributed by atoms with Gasteiger partial charge in [0.25, 0.3) is 10.1 Å². The van der Waals surface area contributed by atoms with Crippen LogP contribution in [0.1, 0.15) is 39.0 Å². The fourth-order valence-electron chi connectivity index (χ4n) is 3.07. The van der Waals surface area contributed by atoms with Gasteiger partial charge in [-0.25, -0.2) is 0 Å². The van der Waals surface area contributed by atoms with E-state index in [1.165, 1.54) is 15.9 Å². The summed E-state index contributed by atoms with van der Waals surface area (Å²) < 4.78 is 28.8. The van der Waals surface area contributed by atoms with Gasteiger partial charge < -0.3 is 0 Å². The number of benzene rings is 3. The molecule has 0 unspecified atom stereocenters. The molecule has 0 saturated carbocycles. The molecule has 0 aromatic heterocycles. The number of hydrogen-bond donors (Lipinski definition) is 1. The second-order valence-electron chi connectivity index (χ2n) is 7.04. The molecule has 3 aromatic carbocycles. The SMILES string of the molecule is CCCCCCCS(=O)(=O)O.c1ccc(P(c2ccccc2)c2ccccc2)cc1. The molecular formula is C25H31O3PS. The van der Waals surface area contributed by atoms with Crippen molar-refractivity contribution in [3.8, 4) is 0 Å². The fourth-order valence-corrected chi connectivity index (χ4v) is 5.94. The van der Waals surface area contributed by atoms with Crippen LogP contribution in [0, 0.1) is 0 Å². The average molecular weight is 443 g/mol. The summed E-state index contributed by atoms with van der Waals surface area (Å²) in [5.74, 6) is -0.0866. The topological polar surface area (TPSA) is 54.4 Å². The highest BCUT2D eigenvalue weighted by molar-refractivity contribution is 7.85. The summed E-state index contributed by atoms with van der Waals surface area (Å²) in [6.45, 7) is 2.10. The maximum Gasteiger partial charge on any atom is 0.264 e. The first-order valence-corrected chi connectivity index (χ1v) is 13.4. The van der Waals surface area contributed by atoms with E-state index in [4.69, 9.17) is 4.55 Å². The number of rotatable bonds is 9. The first-order valence-electron chi connectivity index (χ1n) is 10.4. The van der Waals surface area contributed by atoms with Crippen LogP contribution in [0.25, 0.3) is 0 Å². The predicted octanol–water partition coefficient (Wildman–Crippen LogP) is 5.29. The lowest BCUT2D eigenvalue weighted by Gasteiger charge is -2.18. The molecule has 3 nitrogen and oxygen atoms in total. The Hall–Kier alpha value is -2.00. The second kappa shape index (κ2) is 13.3. The molecular weight excluding hydrogens is 411 g/mol. The average Bonchev–Trinajstić information content (AvgIpc) is 2.76. The highest BCUT2D eigenvalue weighted by Crippen LogP contribution is 2.32. The van der Waals surface area contributed by atoms with Gasteiger partial charge in [-0.1, -0.05) is 124 Å². The van der Waals surface area contributed by atoms with Crippen LogP contribution >= 0.6 is 7.92 Å².